The Morgan fingerprint density at radius 1 is 0.600 bits per heavy atom. The number of carbonyl (C=O) groups is 3. The fourth-order valence-electron chi connectivity index (χ4n) is 9.88. The lowest BCUT2D eigenvalue weighted by atomic mass is 9.86. The van der Waals surface area contributed by atoms with Crippen LogP contribution in [0, 0.1) is 0 Å². The summed E-state index contributed by atoms with van der Waals surface area (Å²) in [6.45, 7) is 6.40. The number of nitrogens with zero attached hydrogens (tertiary/aromatic N) is 4. The van der Waals surface area contributed by atoms with E-state index in [2.05, 4.69) is 35.2 Å². The highest BCUT2D eigenvalue weighted by Gasteiger charge is 2.46. The number of fused-ring (bicyclic) bond motifs is 8. The maximum atomic E-state index is 13.2. The summed E-state index contributed by atoms with van der Waals surface area (Å²) in [5.74, 6) is 1.84. The van der Waals surface area contributed by atoms with Gasteiger partial charge in [-0.1, -0.05) is 32.0 Å². The number of aliphatic hydroxyl groups is 1. The molecule has 0 radical (unpaired) electrons. The van der Waals surface area contributed by atoms with Crippen LogP contribution in [0.2, 0.25) is 0 Å². The molecule has 4 aliphatic rings. The zero-order valence-electron chi connectivity index (χ0n) is 37.2. The highest BCUT2D eigenvalue weighted by Crippen LogP contribution is 2.47. The molecule has 336 valence electrons. The summed E-state index contributed by atoms with van der Waals surface area (Å²) in [6.07, 6.45) is 8.36. The number of hydrogen-bond donors (Lipinski definition) is 2. The third-order valence-corrected chi connectivity index (χ3v) is 13.5. The smallest absolute Gasteiger partial charge is 0.335 e. The minimum atomic E-state index is -0.987. The molecule has 6 heterocycles. The van der Waals surface area contributed by atoms with Gasteiger partial charge in [-0.15, -0.1) is 0 Å². The Kier molecular flexibility index (Phi) is 11.7. The molecule has 4 aliphatic heterocycles. The third-order valence-electron chi connectivity index (χ3n) is 13.5. The van der Waals surface area contributed by atoms with Gasteiger partial charge in [0, 0.05) is 75.4 Å². The van der Waals surface area contributed by atoms with Gasteiger partial charge < -0.3 is 48.1 Å². The fourth-order valence-corrected chi connectivity index (χ4v) is 9.88. The number of amides is 2. The number of aryl methyl sites for hydroxylation is 2. The van der Waals surface area contributed by atoms with Gasteiger partial charge in [0.15, 0.2) is 11.2 Å². The van der Waals surface area contributed by atoms with E-state index in [0.717, 1.165) is 69.5 Å². The Morgan fingerprint density at radius 3 is 1.48 bits per heavy atom. The number of carbonyl (C=O) groups excluding carboxylic acids is 2. The summed E-state index contributed by atoms with van der Waals surface area (Å²) in [7, 11) is 3.26. The molecule has 65 heavy (non-hydrogen) atoms. The van der Waals surface area contributed by atoms with E-state index in [-0.39, 0.29) is 24.0 Å². The predicted octanol–water partition coefficient (Wildman–Crippen LogP) is 8.33. The van der Waals surface area contributed by atoms with Crippen LogP contribution in [0.1, 0.15) is 98.7 Å². The van der Waals surface area contributed by atoms with Gasteiger partial charge in [-0.3, -0.25) is 9.59 Å². The van der Waals surface area contributed by atoms with Crippen LogP contribution in [-0.4, -0.2) is 87.3 Å². The Morgan fingerprint density at radius 2 is 1.05 bits per heavy atom. The summed E-state index contributed by atoms with van der Waals surface area (Å²) < 4.78 is 28.3. The van der Waals surface area contributed by atoms with E-state index in [4.69, 9.17) is 18.9 Å². The Bertz CT molecular complexity index is 2770. The highest BCUT2D eigenvalue weighted by atomic mass is 16.5. The molecular weight excluding hydrogens is 825 g/mol. The van der Waals surface area contributed by atoms with Crippen LogP contribution in [0.5, 0.6) is 23.0 Å². The molecule has 2 aromatic heterocycles. The van der Waals surface area contributed by atoms with Crippen molar-refractivity contribution in [2.45, 2.75) is 70.2 Å². The van der Waals surface area contributed by atoms with Crippen molar-refractivity contribution in [3.05, 3.63) is 154 Å². The number of carboxylic acid groups (broad SMARTS) is 1. The van der Waals surface area contributed by atoms with E-state index >= 15 is 0 Å². The second-order valence-electron chi connectivity index (χ2n) is 17.0. The van der Waals surface area contributed by atoms with Crippen LogP contribution in [0.25, 0.3) is 11.4 Å². The number of piperidine rings is 2. The van der Waals surface area contributed by atoms with Crippen LogP contribution in [0.4, 0.5) is 0 Å². The van der Waals surface area contributed by atoms with Gasteiger partial charge >= 0.3 is 5.97 Å². The molecule has 2 amide bonds. The van der Waals surface area contributed by atoms with Crippen molar-refractivity contribution in [2.75, 3.05) is 40.4 Å². The number of aromatic nitrogens is 2. The number of carboxylic acids is 1. The van der Waals surface area contributed by atoms with Gasteiger partial charge in [0.2, 0.25) is 0 Å². The van der Waals surface area contributed by atoms with E-state index in [9.17, 15) is 24.6 Å². The Hall–Kier alpha value is -6.99. The van der Waals surface area contributed by atoms with E-state index in [1.807, 2.05) is 88.8 Å². The second-order valence-corrected chi connectivity index (χ2v) is 17.0. The molecular formula is C52H54N4O9. The minimum Gasteiger partial charge on any atom is -0.496 e. The minimum absolute atomic E-state index is 0.0226. The van der Waals surface area contributed by atoms with Gasteiger partial charge in [-0.05, 0) is 108 Å². The van der Waals surface area contributed by atoms with E-state index < -0.39 is 17.2 Å². The lowest BCUT2D eigenvalue weighted by Crippen LogP contribution is -2.50. The fraction of sp³-hybridized carbons (Fsp3) is 0.327. The zero-order valence-corrected chi connectivity index (χ0v) is 37.2. The lowest BCUT2D eigenvalue weighted by Gasteiger charge is -2.45. The lowest BCUT2D eigenvalue weighted by molar-refractivity contribution is -0.00987. The third kappa shape index (κ3) is 7.77. The average molecular weight is 879 g/mol. The van der Waals surface area contributed by atoms with Gasteiger partial charge in [0.25, 0.3) is 11.8 Å². The van der Waals surface area contributed by atoms with Crippen molar-refractivity contribution in [1.29, 1.82) is 0 Å². The number of methoxy groups -OCH3 is 2. The maximum Gasteiger partial charge on any atom is 0.335 e. The number of likely N-dealkylation sites (tertiary alicyclic amines) is 2. The molecule has 2 saturated heterocycles. The average Bonchev–Trinajstić information content (AvgIpc) is 4.07. The van der Waals surface area contributed by atoms with Crippen LogP contribution < -0.4 is 18.9 Å². The number of aliphatic hydroxyl groups excluding tert-OH is 1. The van der Waals surface area contributed by atoms with Gasteiger partial charge in [-0.25, -0.2) is 4.79 Å². The molecule has 10 rings (SSSR count). The first-order chi connectivity index (χ1) is 31.5. The molecule has 13 nitrogen and oxygen atoms in total. The van der Waals surface area contributed by atoms with Gasteiger partial charge in [0.1, 0.15) is 23.0 Å². The van der Waals surface area contributed by atoms with E-state index in [0.29, 0.717) is 68.7 Å². The van der Waals surface area contributed by atoms with Gasteiger partial charge in [-0.2, -0.15) is 0 Å². The number of ether oxygens (including phenoxy) is 4. The maximum absolute atomic E-state index is 13.2. The first-order valence-electron chi connectivity index (χ1n) is 22.3. The summed E-state index contributed by atoms with van der Waals surface area (Å²) in [4.78, 5) is 41.7. The van der Waals surface area contributed by atoms with Crippen LogP contribution in [-0.2, 0) is 30.7 Å². The first kappa shape index (κ1) is 43.3. The summed E-state index contributed by atoms with van der Waals surface area (Å²) >= 11 is 0. The number of aromatic carboxylic acids is 1. The standard InChI is InChI=1S/C26H26N2O5.C26H28N2O4/c1-3-17-6-7-18(15-21(17)32-2)24(29)27-13-10-26(11-14-27)23-5-4-12-28(23)20-9-8-19(25(30)31)16-22(20)33-26;1-3-19-7-8-20(16-22(19)31-2)25(30)27-13-10-26(11-14-27)24-5-4-12-28(24)21-9-6-18(17-29)15-23(21)32-26/h4-9,12,15-16H,3,10-11,13-14H2,1-2H3,(H,30,31);4-9,12,15-16,29H,3,10-11,13-14,17H2,1-2H3. The number of rotatable bonds is 8. The Labute approximate surface area is 378 Å². The van der Waals surface area contributed by atoms with Crippen LogP contribution in [0.3, 0.4) is 0 Å². The molecule has 0 bridgehead atoms. The number of hydrogen-bond acceptors (Lipinski definition) is 8. The molecule has 0 atom stereocenters. The van der Waals surface area contributed by atoms with Crippen molar-refractivity contribution >= 4 is 17.8 Å². The van der Waals surface area contributed by atoms with Crippen molar-refractivity contribution in [2.24, 2.45) is 0 Å². The largest absolute Gasteiger partial charge is 0.496 e. The van der Waals surface area contributed by atoms with Crippen molar-refractivity contribution in [1.82, 2.24) is 18.9 Å². The van der Waals surface area contributed by atoms with E-state index in [1.165, 1.54) is 0 Å². The van der Waals surface area contributed by atoms with Gasteiger partial charge in [0.05, 0.1) is 49.2 Å². The molecule has 6 aromatic rings. The molecule has 13 heteroatoms. The highest BCUT2D eigenvalue weighted by molar-refractivity contribution is 5.95. The first-order valence-corrected chi connectivity index (χ1v) is 22.3. The Balaban J connectivity index is 0.000000164. The molecule has 0 unspecified atom stereocenters. The van der Waals surface area contributed by atoms with E-state index in [1.54, 1.807) is 32.4 Å². The molecule has 0 aliphatic carbocycles. The molecule has 0 saturated carbocycles. The van der Waals surface area contributed by atoms with Crippen LogP contribution >= 0.6 is 0 Å². The normalized spacial score (nSPS) is 16.1. The quantitative estimate of drug-likeness (QED) is 0.154. The summed E-state index contributed by atoms with van der Waals surface area (Å²) in [5.41, 5.74) is 7.32. The molecule has 2 spiro atoms. The monoisotopic (exact) mass is 878 g/mol. The topological polar surface area (TPSA) is 145 Å². The zero-order chi connectivity index (χ0) is 45.5. The molecule has 2 N–H and O–H groups in total. The van der Waals surface area contributed by atoms with Crippen molar-refractivity contribution < 1.29 is 43.5 Å². The SMILES string of the molecule is CCc1ccc(C(=O)N2CCC3(CC2)Oc2cc(C(=O)O)ccc2-n2cccc23)cc1OC.CCc1ccc(C(=O)N2CCC3(CC2)Oc2cc(CO)ccc2-n2cccc23)cc1OC. The second kappa shape index (κ2) is 17.5. The van der Waals surface area contributed by atoms with Crippen LogP contribution in [0.15, 0.2) is 109 Å². The molecule has 2 fully saturated rings. The summed E-state index contributed by atoms with van der Waals surface area (Å²) in [5, 5.41) is 19.0. The molecule has 4 aromatic carbocycles. The van der Waals surface area contributed by atoms with Crippen molar-refractivity contribution in [3.8, 4) is 34.4 Å². The number of benzene rings is 4. The van der Waals surface area contributed by atoms with Crippen molar-refractivity contribution in [3.63, 3.8) is 0 Å². The predicted molar refractivity (Wildman–Crippen MR) is 244 cm³/mol. The summed E-state index contributed by atoms with van der Waals surface area (Å²) in [6, 6.07) is 30.3.